The highest BCUT2D eigenvalue weighted by Crippen LogP contribution is 2.45. The highest BCUT2D eigenvalue weighted by molar-refractivity contribution is 7.15. The second kappa shape index (κ2) is 6.50. The highest BCUT2D eigenvalue weighted by Gasteiger charge is 2.37. The van der Waals surface area contributed by atoms with Crippen LogP contribution in [0.5, 0.6) is 0 Å². The Morgan fingerprint density at radius 2 is 1.54 bits per heavy atom. The van der Waals surface area contributed by atoms with Crippen molar-refractivity contribution in [2.45, 2.75) is 37.2 Å². The first-order chi connectivity index (χ1) is 11.7. The number of aliphatic hydroxyl groups is 1. The van der Waals surface area contributed by atoms with E-state index in [1.807, 2.05) is 24.4 Å². The van der Waals surface area contributed by atoms with Crippen molar-refractivity contribution in [3.8, 4) is 10.4 Å². The Labute approximate surface area is 146 Å². The predicted octanol–water partition coefficient (Wildman–Crippen LogP) is 5.36. The van der Waals surface area contributed by atoms with E-state index in [1.165, 1.54) is 11.1 Å². The van der Waals surface area contributed by atoms with Gasteiger partial charge in [0, 0.05) is 6.20 Å². The summed E-state index contributed by atoms with van der Waals surface area (Å²) >= 11 is 1.63. The van der Waals surface area contributed by atoms with E-state index >= 15 is 0 Å². The predicted molar refractivity (Wildman–Crippen MR) is 99.1 cm³/mol. The van der Waals surface area contributed by atoms with Crippen molar-refractivity contribution in [1.82, 2.24) is 4.98 Å². The molecule has 0 saturated heterocycles. The third-order valence-corrected chi connectivity index (χ3v) is 6.29. The lowest BCUT2D eigenvalue weighted by Gasteiger charge is -2.34. The molecule has 1 heterocycles. The van der Waals surface area contributed by atoms with Gasteiger partial charge in [-0.3, -0.25) is 0 Å². The monoisotopic (exact) mass is 335 g/mol. The molecule has 4 rings (SSSR count). The topological polar surface area (TPSA) is 33.1 Å². The van der Waals surface area contributed by atoms with Crippen LogP contribution in [0.4, 0.5) is 0 Å². The van der Waals surface area contributed by atoms with Gasteiger partial charge in [-0.15, -0.1) is 11.3 Å². The lowest BCUT2D eigenvalue weighted by atomic mass is 9.76. The van der Waals surface area contributed by atoms with Crippen molar-refractivity contribution in [3.63, 3.8) is 0 Å². The van der Waals surface area contributed by atoms with E-state index < -0.39 is 5.60 Å². The molecule has 0 unspecified atom stereocenters. The second-order valence-electron chi connectivity index (χ2n) is 6.61. The first-order valence-corrected chi connectivity index (χ1v) is 9.35. The van der Waals surface area contributed by atoms with E-state index in [-0.39, 0.29) is 0 Å². The second-order valence-corrected chi connectivity index (χ2v) is 7.64. The molecule has 1 aliphatic rings. The molecular formula is C21H21NOS. The fourth-order valence-corrected chi connectivity index (χ4v) is 4.66. The number of aromatic nitrogens is 1. The van der Waals surface area contributed by atoms with E-state index in [9.17, 15) is 5.11 Å². The fraction of sp³-hybridized carbons (Fsp3) is 0.286. The van der Waals surface area contributed by atoms with Crippen molar-refractivity contribution >= 4 is 11.3 Å². The third-order valence-electron chi connectivity index (χ3n) is 5.05. The SMILES string of the molecule is OC1(c2ncc(-c3ccccc3)s2)CCC(c2ccccc2)CC1. The molecule has 0 radical (unpaired) electrons. The Balaban J connectivity index is 1.50. The highest BCUT2D eigenvalue weighted by atomic mass is 32.1. The summed E-state index contributed by atoms with van der Waals surface area (Å²) in [6.07, 6.45) is 5.50. The van der Waals surface area contributed by atoms with Crippen molar-refractivity contribution in [2.75, 3.05) is 0 Å². The molecule has 0 amide bonds. The van der Waals surface area contributed by atoms with Crippen LogP contribution in [-0.4, -0.2) is 10.1 Å². The molecule has 1 fully saturated rings. The first-order valence-electron chi connectivity index (χ1n) is 8.54. The Bertz CT molecular complexity index is 789. The van der Waals surface area contributed by atoms with Crippen LogP contribution in [0.25, 0.3) is 10.4 Å². The zero-order valence-electron chi connectivity index (χ0n) is 13.6. The van der Waals surface area contributed by atoms with Crippen molar-refractivity contribution in [1.29, 1.82) is 0 Å². The number of nitrogens with zero attached hydrogens (tertiary/aromatic N) is 1. The van der Waals surface area contributed by atoms with Gasteiger partial charge in [0.2, 0.25) is 0 Å². The summed E-state index contributed by atoms with van der Waals surface area (Å²) in [7, 11) is 0. The number of rotatable bonds is 3. The number of hydrogen-bond acceptors (Lipinski definition) is 3. The van der Waals surface area contributed by atoms with Crippen molar-refractivity contribution < 1.29 is 5.11 Å². The summed E-state index contributed by atoms with van der Waals surface area (Å²) in [5.41, 5.74) is 1.80. The minimum absolute atomic E-state index is 0.556. The van der Waals surface area contributed by atoms with Crippen molar-refractivity contribution in [3.05, 3.63) is 77.4 Å². The maximum atomic E-state index is 11.1. The van der Waals surface area contributed by atoms with Gasteiger partial charge >= 0.3 is 0 Å². The van der Waals surface area contributed by atoms with Gasteiger partial charge in [0.05, 0.1) is 4.88 Å². The van der Waals surface area contributed by atoms with E-state index in [0.717, 1.165) is 35.6 Å². The van der Waals surface area contributed by atoms with Crippen LogP contribution >= 0.6 is 11.3 Å². The molecule has 3 heteroatoms. The van der Waals surface area contributed by atoms with Gasteiger partial charge in [0.25, 0.3) is 0 Å². The van der Waals surface area contributed by atoms with Crippen LogP contribution in [0, 0.1) is 0 Å². The minimum Gasteiger partial charge on any atom is -0.383 e. The number of hydrogen-bond donors (Lipinski definition) is 1. The quantitative estimate of drug-likeness (QED) is 0.699. The Kier molecular flexibility index (Phi) is 4.21. The van der Waals surface area contributed by atoms with Crippen LogP contribution in [-0.2, 0) is 5.60 Å². The van der Waals surface area contributed by atoms with Gasteiger partial charge in [0.15, 0.2) is 0 Å². The molecule has 1 N–H and O–H groups in total. The average Bonchev–Trinajstić information content (AvgIpc) is 3.15. The maximum Gasteiger partial charge on any atom is 0.125 e. The molecule has 0 aliphatic heterocycles. The summed E-state index contributed by atoms with van der Waals surface area (Å²) in [6.45, 7) is 0. The molecular weight excluding hydrogens is 314 g/mol. The number of benzene rings is 2. The van der Waals surface area contributed by atoms with Gasteiger partial charge in [-0.2, -0.15) is 0 Å². The van der Waals surface area contributed by atoms with Crippen molar-refractivity contribution in [2.24, 2.45) is 0 Å². The minimum atomic E-state index is -0.761. The fourth-order valence-electron chi connectivity index (χ4n) is 3.59. The van der Waals surface area contributed by atoms with Crippen LogP contribution in [0.2, 0.25) is 0 Å². The summed E-state index contributed by atoms with van der Waals surface area (Å²) in [5.74, 6) is 0.556. The zero-order chi connectivity index (χ0) is 16.4. The molecule has 0 bridgehead atoms. The van der Waals surface area contributed by atoms with Crippen LogP contribution in [0.1, 0.15) is 42.2 Å². The Hall–Kier alpha value is -1.97. The van der Waals surface area contributed by atoms with Crippen LogP contribution in [0.3, 0.4) is 0 Å². The molecule has 3 aromatic rings. The normalized spacial score (nSPS) is 24.0. The third kappa shape index (κ3) is 3.02. The van der Waals surface area contributed by atoms with Gasteiger partial charge in [0.1, 0.15) is 10.6 Å². The van der Waals surface area contributed by atoms with Gasteiger partial charge in [-0.25, -0.2) is 4.98 Å². The molecule has 122 valence electrons. The average molecular weight is 335 g/mol. The summed E-state index contributed by atoms with van der Waals surface area (Å²) in [6, 6.07) is 20.9. The molecule has 1 saturated carbocycles. The standard InChI is InChI=1S/C21H21NOS/c23-21(13-11-17(12-14-21)16-7-3-1-4-8-16)20-22-15-19(24-20)18-9-5-2-6-10-18/h1-10,15,17,23H,11-14H2. The molecule has 2 aromatic carbocycles. The molecule has 1 aromatic heterocycles. The van der Waals surface area contributed by atoms with E-state index in [4.69, 9.17) is 0 Å². The lowest BCUT2D eigenvalue weighted by molar-refractivity contribution is -0.00583. The Morgan fingerprint density at radius 3 is 2.21 bits per heavy atom. The summed E-state index contributed by atoms with van der Waals surface area (Å²) in [5, 5.41) is 12.0. The molecule has 24 heavy (non-hydrogen) atoms. The summed E-state index contributed by atoms with van der Waals surface area (Å²) in [4.78, 5) is 5.68. The van der Waals surface area contributed by atoms with Crippen LogP contribution < -0.4 is 0 Å². The maximum absolute atomic E-state index is 11.1. The zero-order valence-corrected chi connectivity index (χ0v) is 14.4. The van der Waals surface area contributed by atoms with Gasteiger partial charge in [-0.1, -0.05) is 60.7 Å². The van der Waals surface area contributed by atoms with Gasteiger partial charge in [-0.05, 0) is 42.7 Å². The molecule has 1 aliphatic carbocycles. The molecule has 0 spiro atoms. The largest absolute Gasteiger partial charge is 0.383 e. The van der Waals surface area contributed by atoms with E-state index in [1.54, 1.807) is 11.3 Å². The molecule has 0 atom stereocenters. The number of thiazole rings is 1. The van der Waals surface area contributed by atoms with Crippen LogP contribution in [0.15, 0.2) is 66.9 Å². The smallest absolute Gasteiger partial charge is 0.125 e. The Morgan fingerprint density at radius 1 is 0.917 bits per heavy atom. The van der Waals surface area contributed by atoms with E-state index in [2.05, 4.69) is 47.4 Å². The lowest BCUT2D eigenvalue weighted by Crippen LogP contribution is -2.30. The molecule has 2 nitrogen and oxygen atoms in total. The summed E-state index contributed by atoms with van der Waals surface area (Å²) < 4.78 is 0. The van der Waals surface area contributed by atoms with E-state index in [0.29, 0.717) is 5.92 Å². The first kappa shape index (κ1) is 15.6. The van der Waals surface area contributed by atoms with Gasteiger partial charge < -0.3 is 5.11 Å².